The van der Waals surface area contributed by atoms with E-state index < -0.39 is 5.97 Å². The van der Waals surface area contributed by atoms with Gasteiger partial charge in [-0.1, -0.05) is 12.1 Å². The molecule has 0 aromatic heterocycles. The van der Waals surface area contributed by atoms with E-state index in [1.807, 2.05) is 6.07 Å². The fourth-order valence-corrected chi connectivity index (χ4v) is 2.59. The number of rotatable bonds is 6. The number of unbranched alkanes of at least 4 members (excludes halogenated alkanes) is 1. The summed E-state index contributed by atoms with van der Waals surface area (Å²) in [5, 5.41) is 11.4. The molecule has 1 amide bonds. The van der Waals surface area contributed by atoms with E-state index in [9.17, 15) is 14.0 Å². The van der Waals surface area contributed by atoms with Gasteiger partial charge in [0.05, 0.1) is 6.04 Å². The number of carbonyl (C=O) groups excluding carboxylic acids is 1. The van der Waals surface area contributed by atoms with E-state index in [-0.39, 0.29) is 24.2 Å². The minimum Gasteiger partial charge on any atom is -0.481 e. The van der Waals surface area contributed by atoms with Crippen molar-refractivity contribution < 1.29 is 19.1 Å². The normalized spacial score (nSPS) is 16.8. The van der Waals surface area contributed by atoms with Gasteiger partial charge in [-0.25, -0.2) is 4.39 Å². The number of carbonyl (C=O) groups is 2. The molecular formula is C15H18FNO3. The minimum absolute atomic E-state index is 0.0880. The number of nitrogens with one attached hydrogen (secondary N) is 1. The molecule has 2 N–H and O–H groups in total. The highest BCUT2D eigenvalue weighted by atomic mass is 19.1. The molecule has 1 aromatic rings. The molecule has 0 saturated carbocycles. The number of halogens is 1. The average molecular weight is 279 g/mol. The zero-order valence-corrected chi connectivity index (χ0v) is 11.2. The van der Waals surface area contributed by atoms with E-state index in [0.717, 1.165) is 12.0 Å². The third-order valence-electron chi connectivity index (χ3n) is 3.59. The Labute approximate surface area is 117 Å². The molecule has 0 heterocycles. The van der Waals surface area contributed by atoms with Crippen LogP contribution in [0.1, 0.15) is 49.3 Å². The average Bonchev–Trinajstić information content (AvgIpc) is 2.79. The zero-order chi connectivity index (χ0) is 14.5. The van der Waals surface area contributed by atoms with Gasteiger partial charge in [0.1, 0.15) is 5.82 Å². The highest BCUT2D eigenvalue weighted by Crippen LogP contribution is 2.32. The molecule has 0 aliphatic heterocycles. The van der Waals surface area contributed by atoms with Crippen molar-refractivity contribution in [1.82, 2.24) is 5.32 Å². The van der Waals surface area contributed by atoms with Crippen LogP contribution in [0.25, 0.3) is 0 Å². The Bertz CT molecular complexity index is 516. The van der Waals surface area contributed by atoms with Gasteiger partial charge in [0.15, 0.2) is 0 Å². The topological polar surface area (TPSA) is 66.4 Å². The predicted octanol–water partition coefficient (Wildman–Crippen LogP) is 2.57. The van der Waals surface area contributed by atoms with Crippen LogP contribution in [0.4, 0.5) is 4.39 Å². The molecular weight excluding hydrogens is 261 g/mol. The third kappa shape index (κ3) is 3.56. The van der Waals surface area contributed by atoms with Crippen LogP contribution < -0.4 is 5.32 Å². The van der Waals surface area contributed by atoms with E-state index in [4.69, 9.17) is 5.11 Å². The highest BCUT2D eigenvalue weighted by molar-refractivity contribution is 5.76. The Balaban J connectivity index is 1.82. The second-order valence-corrected chi connectivity index (χ2v) is 5.07. The van der Waals surface area contributed by atoms with Crippen molar-refractivity contribution >= 4 is 11.9 Å². The van der Waals surface area contributed by atoms with Crippen LogP contribution in [0, 0.1) is 5.82 Å². The summed E-state index contributed by atoms with van der Waals surface area (Å²) >= 11 is 0. The Kier molecular flexibility index (Phi) is 4.71. The second kappa shape index (κ2) is 6.50. The van der Waals surface area contributed by atoms with Crippen molar-refractivity contribution in [2.45, 2.75) is 44.6 Å². The number of fused-ring (bicyclic) bond motifs is 1. The van der Waals surface area contributed by atoms with Crippen LogP contribution in [0.5, 0.6) is 0 Å². The van der Waals surface area contributed by atoms with E-state index in [1.165, 1.54) is 6.07 Å². The molecule has 20 heavy (non-hydrogen) atoms. The molecule has 0 bridgehead atoms. The molecule has 1 atom stereocenters. The number of hydrogen-bond acceptors (Lipinski definition) is 2. The lowest BCUT2D eigenvalue weighted by Crippen LogP contribution is -2.26. The van der Waals surface area contributed by atoms with Crippen molar-refractivity contribution in [2.24, 2.45) is 0 Å². The van der Waals surface area contributed by atoms with Gasteiger partial charge in [-0.3, -0.25) is 9.59 Å². The quantitative estimate of drug-likeness (QED) is 0.786. The number of amides is 1. The van der Waals surface area contributed by atoms with E-state index in [0.29, 0.717) is 31.2 Å². The molecule has 1 aliphatic rings. The van der Waals surface area contributed by atoms with Crippen LogP contribution in [-0.4, -0.2) is 17.0 Å². The third-order valence-corrected chi connectivity index (χ3v) is 3.59. The lowest BCUT2D eigenvalue weighted by atomic mass is 10.1. The highest BCUT2D eigenvalue weighted by Gasteiger charge is 2.25. The van der Waals surface area contributed by atoms with Crippen LogP contribution in [0.15, 0.2) is 18.2 Å². The number of hydrogen-bond donors (Lipinski definition) is 2. The summed E-state index contributed by atoms with van der Waals surface area (Å²) in [5.41, 5.74) is 1.56. The first kappa shape index (κ1) is 14.5. The van der Waals surface area contributed by atoms with Gasteiger partial charge in [-0.2, -0.15) is 0 Å². The van der Waals surface area contributed by atoms with Gasteiger partial charge < -0.3 is 10.4 Å². The fraction of sp³-hybridized carbons (Fsp3) is 0.467. The predicted molar refractivity (Wildman–Crippen MR) is 71.7 cm³/mol. The summed E-state index contributed by atoms with van der Waals surface area (Å²) in [6.45, 7) is 0. The lowest BCUT2D eigenvalue weighted by molar-refractivity contribution is -0.137. The summed E-state index contributed by atoms with van der Waals surface area (Å²) in [6.07, 6.45) is 2.82. The van der Waals surface area contributed by atoms with Gasteiger partial charge >= 0.3 is 5.97 Å². The summed E-state index contributed by atoms with van der Waals surface area (Å²) in [4.78, 5) is 22.1. The molecule has 1 aliphatic carbocycles. The maximum absolute atomic E-state index is 13.6. The van der Waals surface area contributed by atoms with Crippen molar-refractivity contribution in [3.05, 3.63) is 35.1 Å². The summed E-state index contributed by atoms with van der Waals surface area (Å²) in [5.74, 6) is -1.15. The standard InChI is InChI=1S/C15H18FNO3/c16-12-5-3-4-11-10(12)8-9-13(11)17-14(18)6-1-2-7-15(19)20/h3-5,13H,1-2,6-9H2,(H,17,18)(H,19,20). The SMILES string of the molecule is O=C(O)CCCCC(=O)NC1CCc2c(F)cccc21. The number of carboxylic acid groups (broad SMARTS) is 1. The molecule has 5 heteroatoms. The van der Waals surface area contributed by atoms with E-state index >= 15 is 0 Å². The molecule has 0 radical (unpaired) electrons. The summed E-state index contributed by atoms with van der Waals surface area (Å²) in [6, 6.07) is 4.83. The van der Waals surface area contributed by atoms with Crippen molar-refractivity contribution in [3.8, 4) is 0 Å². The van der Waals surface area contributed by atoms with Crippen LogP contribution in [0.3, 0.4) is 0 Å². The molecule has 0 fully saturated rings. The van der Waals surface area contributed by atoms with Crippen molar-refractivity contribution in [3.63, 3.8) is 0 Å². The maximum atomic E-state index is 13.6. The Morgan fingerprint density at radius 2 is 2.05 bits per heavy atom. The monoisotopic (exact) mass is 279 g/mol. The summed E-state index contributed by atoms with van der Waals surface area (Å²) in [7, 11) is 0. The number of aliphatic carboxylic acids is 1. The van der Waals surface area contributed by atoms with Crippen molar-refractivity contribution in [1.29, 1.82) is 0 Å². The van der Waals surface area contributed by atoms with Gasteiger partial charge in [0, 0.05) is 12.8 Å². The molecule has 1 unspecified atom stereocenters. The van der Waals surface area contributed by atoms with Crippen LogP contribution in [0.2, 0.25) is 0 Å². The van der Waals surface area contributed by atoms with Gasteiger partial charge in [0.2, 0.25) is 5.91 Å². The first-order chi connectivity index (χ1) is 9.58. The molecule has 0 spiro atoms. The van der Waals surface area contributed by atoms with Crippen molar-refractivity contribution in [2.75, 3.05) is 0 Å². The lowest BCUT2D eigenvalue weighted by Gasteiger charge is -2.14. The molecule has 108 valence electrons. The first-order valence-electron chi connectivity index (χ1n) is 6.86. The van der Waals surface area contributed by atoms with Crippen LogP contribution in [-0.2, 0) is 16.0 Å². The van der Waals surface area contributed by atoms with Gasteiger partial charge in [-0.15, -0.1) is 0 Å². The fourth-order valence-electron chi connectivity index (χ4n) is 2.59. The second-order valence-electron chi connectivity index (χ2n) is 5.07. The van der Waals surface area contributed by atoms with E-state index in [1.54, 1.807) is 6.07 Å². The number of benzene rings is 1. The molecule has 4 nitrogen and oxygen atoms in total. The Morgan fingerprint density at radius 1 is 1.30 bits per heavy atom. The molecule has 0 saturated heterocycles. The first-order valence-corrected chi connectivity index (χ1v) is 6.86. The maximum Gasteiger partial charge on any atom is 0.303 e. The zero-order valence-electron chi connectivity index (χ0n) is 11.2. The largest absolute Gasteiger partial charge is 0.481 e. The summed E-state index contributed by atoms with van der Waals surface area (Å²) < 4.78 is 13.6. The van der Waals surface area contributed by atoms with Gasteiger partial charge in [-0.05, 0) is 42.9 Å². The molecule has 1 aromatic carbocycles. The van der Waals surface area contributed by atoms with Crippen LogP contribution >= 0.6 is 0 Å². The van der Waals surface area contributed by atoms with E-state index in [2.05, 4.69) is 5.32 Å². The number of carboxylic acids is 1. The Morgan fingerprint density at radius 3 is 2.80 bits per heavy atom. The minimum atomic E-state index is -0.842. The Hall–Kier alpha value is -1.91. The van der Waals surface area contributed by atoms with Gasteiger partial charge in [0.25, 0.3) is 0 Å². The smallest absolute Gasteiger partial charge is 0.303 e. The molecule has 2 rings (SSSR count).